The van der Waals surface area contributed by atoms with Crippen LogP contribution in [0.25, 0.3) is 33.3 Å². The molecule has 6 rings (SSSR count). The number of fused-ring (bicyclic) bond motifs is 1. The third-order valence-corrected chi connectivity index (χ3v) is 7.94. The molecule has 14 heteroatoms. The first kappa shape index (κ1) is 27.4. The molecule has 0 atom stereocenters. The molecule has 1 saturated heterocycles. The van der Waals surface area contributed by atoms with Gasteiger partial charge in [0.2, 0.25) is 0 Å². The van der Waals surface area contributed by atoms with Crippen molar-refractivity contribution in [3.63, 3.8) is 0 Å². The Kier molecular flexibility index (Phi) is 6.29. The number of hydrogen-bond acceptors (Lipinski definition) is 7. The highest BCUT2D eigenvalue weighted by atomic mass is 19.4. The molecule has 42 heavy (non-hydrogen) atoms. The summed E-state index contributed by atoms with van der Waals surface area (Å²) in [6.07, 6.45) is -0.671. The van der Waals surface area contributed by atoms with Crippen LogP contribution >= 0.6 is 0 Å². The Morgan fingerprint density at radius 3 is 2.36 bits per heavy atom. The number of rotatable bonds is 4. The summed E-state index contributed by atoms with van der Waals surface area (Å²) in [5.74, 6) is 0.247. The Morgan fingerprint density at radius 1 is 1.02 bits per heavy atom. The average Bonchev–Trinajstić information content (AvgIpc) is 3.65. The van der Waals surface area contributed by atoms with Crippen LogP contribution in [0.5, 0.6) is 0 Å². The van der Waals surface area contributed by atoms with Gasteiger partial charge in [-0.2, -0.15) is 15.0 Å². The SMILES string of the molecule is Cc1nn(C)c(C)c1-c1cc(C#N)c(N2CCC(F)(c3nncn3C)CC2)c(-c2cnc3nn(C(F)(F)F)cc3c2)c1. The van der Waals surface area contributed by atoms with Crippen molar-refractivity contribution in [3.8, 4) is 28.3 Å². The van der Waals surface area contributed by atoms with E-state index in [4.69, 9.17) is 0 Å². The summed E-state index contributed by atoms with van der Waals surface area (Å²) in [4.78, 5) is 6.16. The molecule has 0 aliphatic carbocycles. The van der Waals surface area contributed by atoms with Crippen LogP contribution in [0.2, 0.25) is 0 Å². The molecule has 0 radical (unpaired) electrons. The maximum atomic E-state index is 16.0. The molecule has 0 N–H and O–H groups in total. The highest BCUT2D eigenvalue weighted by Crippen LogP contribution is 2.44. The molecule has 1 aliphatic rings. The Labute approximate surface area is 237 Å². The summed E-state index contributed by atoms with van der Waals surface area (Å²) in [7, 11) is 3.52. The van der Waals surface area contributed by atoms with Gasteiger partial charge in [0.15, 0.2) is 17.1 Å². The van der Waals surface area contributed by atoms with E-state index in [2.05, 4.69) is 31.4 Å². The topological polar surface area (TPSA) is 106 Å². The van der Waals surface area contributed by atoms with Gasteiger partial charge in [-0.15, -0.1) is 28.5 Å². The van der Waals surface area contributed by atoms with E-state index in [1.807, 2.05) is 31.9 Å². The van der Waals surface area contributed by atoms with Crippen molar-refractivity contribution in [1.29, 1.82) is 5.26 Å². The minimum Gasteiger partial charge on any atom is -0.370 e. The second-order valence-corrected chi connectivity index (χ2v) is 10.6. The number of aromatic nitrogens is 8. The summed E-state index contributed by atoms with van der Waals surface area (Å²) >= 11 is 0. The van der Waals surface area contributed by atoms with Gasteiger partial charge < -0.3 is 9.47 Å². The van der Waals surface area contributed by atoms with E-state index < -0.39 is 12.0 Å². The number of anilines is 1. The van der Waals surface area contributed by atoms with E-state index in [9.17, 15) is 18.4 Å². The standard InChI is InChI=1S/C28H26F4N10/c1-16-23(17(2)40(4)37-16)18-9-19(12-33)24(41-7-5-27(29,6-8-41)26-36-35-15-39(26)3)22(11-18)20-10-21-14-42(28(30,31)32)38-25(21)34-13-20/h9-11,13-15H,5-8H2,1-4H3. The molecule has 0 unspecified atom stereocenters. The van der Waals surface area contributed by atoms with Crippen LogP contribution in [0.15, 0.2) is 36.9 Å². The van der Waals surface area contributed by atoms with Gasteiger partial charge in [-0.05, 0) is 37.6 Å². The van der Waals surface area contributed by atoms with Crippen molar-refractivity contribution in [3.05, 3.63) is 59.7 Å². The van der Waals surface area contributed by atoms with E-state index in [1.165, 1.54) is 12.5 Å². The molecule has 0 bridgehead atoms. The van der Waals surface area contributed by atoms with Gasteiger partial charge in [0, 0.05) is 80.2 Å². The largest absolute Gasteiger partial charge is 0.504 e. The molecule has 1 fully saturated rings. The van der Waals surface area contributed by atoms with Gasteiger partial charge in [0.25, 0.3) is 0 Å². The number of alkyl halides is 4. The Balaban J connectivity index is 1.50. The molecule has 0 saturated carbocycles. The van der Waals surface area contributed by atoms with E-state index >= 15 is 4.39 Å². The minimum absolute atomic E-state index is 0.0582. The zero-order valence-corrected chi connectivity index (χ0v) is 23.3. The first-order valence-electron chi connectivity index (χ1n) is 13.2. The number of hydrogen-bond donors (Lipinski definition) is 0. The number of halogens is 4. The van der Waals surface area contributed by atoms with Crippen molar-refractivity contribution in [2.45, 2.75) is 38.7 Å². The molecule has 0 amide bonds. The lowest BCUT2D eigenvalue weighted by Crippen LogP contribution is -2.42. The van der Waals surface area contributed by atoms with E-state index in [0.717, 1.165) is 28.7 Å². The summed E-state index contributed by atoms with van der Waals surface area (Å²) in [6, 6.07) is 7.55. The van der Waals surface area contributed by atoms with E-state index in [-0.39, 0.29) is 47.5 Å². The second kappa shape index (κ2) is 9.64. The second-order valence-electron chi connectivity index (χ2n) is 10.6. The fourth-order valence-electron chi connectivity index (χ4n) is 5.81. The molecule has 1 aliphatic heterocycles. The van der Waals surface area contributed by atoms with E-state index in [0.29, 0.717) is 22.4 Å². The molecule has 216 valence electrons. The number of nitriles is 1. The molecular formula is C28H26F4N10. The van der Waals surface area contributed by atoms with Crippen molar-refractivity contribution in [1.82, 2.24) is 39.3 Å². The molecule has 10 nitrogen and oxygen atoms in total. The normalized spacial score (nSPS) is 15.4. The third kappa shape index (κ3) is 4.45. The Morgan fingerprint density at radius 2 is 1.76 bits per heavy atom. The summed E-state index contributed by atoms with van der Waals surface area (Å²) in [6.45, 7) is 4.35. The summed E-state index contributed by atoms with van der Waals surface area (Å²) in [5, 5.41) is 26.4. The van der Waals surface area contributed by atoms with E-state index in [1.54, 1.807) is 28.4 Å². The smallest absolute Gasteiger partial charge is 0.370 e. The zero-order valence-electron chi connectivity index (χ0n) is 23.3. The zero-order chi connectivity index (χ0) is 30.0. The molecule has 4 aromatic heterocycles. The van der Waals surface area contributed by atoms with Gasteiger partial charge >= 0.3 is 6.30 Å². The quantitative estimate of drug-likeness (QED) is 0.275. The lowest BCUT2D eigenvalue weighted by molar-refractivity contribution is -0.211. The highest BCUT2D eigenvalue weighted by Gasteiger charge is 2.41. The third-order valence-electron chi connectivity index (χ3n) is 7.94. The monoisotopic (exact) mass is 578 g/mol. The van der Waals surface area contributed by atoms with Crippen LogP contribution in [0.3, 0.4) is 0 Å². The molecule has 5 aromatic rings. The van der Waals surface area contributed by atoms with Crippen molar-refractivity contribution in [2.75, 3.05) is 18.0 Å². The van der Waals surface area contributed by atoms with Gasteiger partial charge in [0.1, 0.15) is 12.4 Å². The van der Waals surface area contributed by atoms with Gasteiger partial charge in [-0.25, -0.2) is 9.37 Å². The Hall–Kier alpha value is -4.80. The lowest BCUT2D eigenvalue weighted by Gasteiger charge is -2.38. The van der Waals surface area contributed by atoms with Crippen molar-refractivity contribution < 1.29 is 17.6 Å². The Bertz CT molecular complexity index is 1870. The van der Waals surface area contributed by atoms with Crippen molar-refractivity contribution in [2.24, 2.45) is 14.1 Å². The predicted molar refractivity (Wildman–Crippen MR) is 146 cm³/mol. The fourth-order valence-corrected chi connectivity index (χ4v) is 5.81. The molecule has 1 aromatic carbocycles. The van der Waals surface area contributed by atoms with Crippen LogP contribution in [-0.2, 0) is 26.1 Å². The van der Waals surface area contributed by atoms with Crippen LogP contribution in [0.1, 0.15) is 35.6 Å². The number of pyridine rings is 1. The van der Waals surface area contributed by atoms with Crippen molar-refractivity contribution >= 4 is 16.7 Å². The number of aryl methyl sites for hydroxylation is 3. The summed E-state index contributed by atoms with van der Waals surface area (Å²) < 4.78 is 59.3. The first-order chi connectivity index (χ1) is 19.9. The minimum atomic E-state index is -4.69. The van der Waals surface area contributed by atoms with Crippen LogP contribution in [0.4, 0.5) is 23.2 Å². The first-order valence-corrected chi connectivity index (χ1v) is 13.2. The van der Waals surface area contributed by atoms with Crippen LogP contribution in [-0.4, -0.2) is 52.4 Å². The maximum Gasteiger partial charge on any atom is 0.504 e. The predicted octanol–water partition coefficient (Wildman–Crippen LogP) is 5.06. The van der Waals surface area contributed by atoms with Crippen LogP contribution < -0.4 is 4.90 Å². The van der Waals surface area contributed by atoms with Gasteiger partial charge in [-0.1, -0.05) is 0 Å². The maximum absolute atomic E-state index is 16.0. The fraction of sp³-hybridized carbons (Fsp3) is 0.357. The number of piperidine rings is 1. The molecule has 0 spiro atoms. The molecular weight excluding hydrogens is 552 g/mol. The average molecular weight is 579 g/mol. The number of nitrogens with zero attached hydrogens (tertiary/aromatic N) is 10. The lowest BCUT2D eigenvalue weighted by atomic mass is 9.89. The van der Waals surface area contributed by atoms with Gasteiger partial charge in [0.05, 0.1) is 16.9 Å². The summed E-state index contributed by atoms with van der Waals surface area (Å²) in [5.41, 5.74) is 3.49. The van der Waals surface area contributed by atoms with Crippen LogP contribution in [0, 0.1) is 25.2 Å². The molecule has 5 heterocycles. The number of benzene rings is 1. The highest BCUT2D eigenvalue weighted by molar-refractivity contribution is 5.91. The van der Waals surface area contributed by atoms with Gasteiger partial charge in [-0.3, -0.25) is 4.68 Å².